The van der Waals surface area contributed by atoms with E-state index in [1.807, 2.05) is 6.92 Å². The van der Waals surface area contributed by atoms with Gasteiger partial charge in [-0.05, 0) is 0 Å². The lowest BCUT2D eigenvalue weighted by atomic mass is 10.4. The maximum atomic E-state index is 5.36. The molecule has 0 atom stereocenters. The lowest BCUT2D eigenvalue weighted by molar-refractivity contribution is 0.143. The molecule has 1 aromatic rings. The SMILES string of the molecule is CCc1nc(NN)cc(OCCOC)n1. The Labute approximate surface area is 88.8 Å². The minimum absolute atomic E-state index is 0.459. The topological polar surface area (TPSA) is 82.3 Å². The van der Waals surface area contributed by atoms with Gasteiger partial charge in [0, 0.05) is 19.6 Å². The Bertz CT molecular complexity index is 284. The summed E-state index contributed by atoms with van der Waals surface area (Å²) in [5.74, 6) is 7.03. The maximum absolute atomic E-state index is 5.36. The predicted molar refractivity (Wildman–Crippen MR) is 56.6 cm³/mol. The van der Waals surface area contributed by atoms with E-state index in [-0.39, 0.29) is 0 Å². The molecule has 0 fully saturated rings. The quantitative estimate of drug-likeness (QED) is 0.402. The van der Waals surface area contributed by atoms with Crippen LogP contribution in [0.15, 0.2) is 6.07 Å². The summed E-state index contributed by atoms with van der Waals surface area (Å²) in [6.07, 6.45) is 0.732. The molecule has 1 rings (SSSR count). The molecule has 3 N–H and O–H groups in total. The fraction of sp³-hybridized carbons (Fsp3) is 0.556. The molecule has 0 aromatic carbocycles. The second kappa shape index (κ2) is 6.15. The second-order valence-corrected chi connectivity index (χ2v) is 2.85. The third-order valence-electron chi connectivity index (χ3n) is 1.75. The van der Waals surface area contributed by atoms with Gasteiger partial charge in [-0.3, -0.25) is 0 Å². The van der Waals surface area contributed by atoms with Gasteiger partial charge in [0.1, 0.15) is 18.2 Å². The van der Waals surface area contributed by atoms with E-state index in [0.717, 1.165) is 6.42 Å². The maximum Gasteiger partial charge on any atom is 0.218 e. The van der Waals surface area contributed by atoms with Crippen molar-refractivity contribution in [1.82, 2.24) is 9.97 Å². The number of nitrogens with one attached hydrogen (secondary N) is 1. The van der Waals surface area contributed by atoms with Gasteiger partial charge in [-0.15, -0.1) is 0 Å². The van der Waals surface area contributed by atoms with Gasteiger partial charge in [0.15, 0.2) is 0 Å². The number of nitrogens with zero attached hydrogens (tertiary/aromatic N) is 2. The molecule has 0 aliphatic rings. The lowest BCUT2D eigenvalue weighted by Gasteiger charge is -2.07. The number of hydrazine groups is 1. The van der Waals surface area contributed by atoms with Crippen LogP contribution in [0.4, 0.5) is 5.82 Å². The van der Waals surface area contributed by atoms with Crippen LogP contribution in [0, 0.1) is 0 Å². The van der Waals surface area contributed by atoms with Crippen molar-refractivity contribution in [2.24, 2.45) is 5.84 Å². The van der Waals surface area contributed by atoms with E-state index >= 15 is 0 Å². The van der Waals surface area contributed by atoms with Crippen LogP contribution < -0.4 is 16.0 Å². The van der Waals surface area contributed by atoms with E-state index in [0.29, 0.717) is 30.7 Å². The van der Waals surface area contributed by atoms with Gasteiger partial charge in [-0.1, -0.05) is 6.92 Å². The first kappa shape index (κ1) is 11.7. The average molecular weight is 212 g/mol. The Balaban J connectivity index is 2.68. The number of aromatic nitrogens is 2. The van der Waals surface area contributed by atoms with Crippen LogP contribution in [-0.4, -0.2) is 30.3 Å². The summed E-state index contributed by atoms with van der Waals surface area (Å²) in [5.41, 5.74) is 2.47. The third kappa shape index (κ3) is 3.69. The van der Waals surface area contributed by atoms with Gasteiger partial charge >= 0.3 is 0 Å². The van der Waals surface area contributed by atoms with Crippen LogP contribution in [0.3, 0.4) is 0 Å². The summed E-state index contributed by atoms with van der Waals surface area (Å²) in [4.78, 5) is 8.33. The molecule has 0 spiro atoms. The van der Waals surface area contributed by atoms with Crippen LogP contribution in [0.5, 0.6) is 5.88 Å². The molecule has 1 heterocycles. The fourth-order valence-electron chi connectivity index (χ4n) is 1.01. The average Bonchev–Trinajstić information content (AvgIpc) is 2.29. The summed E-state index contributed by atoms with van der Waals surface area (Å²) >= 11 is 0. The van der Waals surface area contributed by atoms with Crippen LogP contribution in [0.1, 0.15) is 12.7 Å². The van der Waals surface area contributed by atoms with Crippen molar-refractivity contribution in [2.75, 3.05) is 25.7 Å². The van der Waals surface area contributed by atoms with Crippen molar-refractivity contribution in [2.45, 2.75) is 13.3 Å². The van der Waals surface area contributed by atoms with Gasteiger partial charge in [0.25, 0.3) is 0 Å². The minimum Gasteiger partial charge on any atom is -0.475 e. The van der Waals surface area contributed by atoms with Crippen LogP contribution in [-0.2, 0) is 11.2 Å². The number of nitrogens with two attached hydrogens (primary N) is 1. The van der Waals surface area contributed by atoms with Gasteiger partial charge in [-0.2, -0.15) is 4.98 Å². The third-order valence-corrected chi connectivity index (χ3v) is 1.75. The normalized spacial score (nSPS) is 10.1. The number of rotatable bonds is 6. The number of anilines is 1. The molecule has 84 valence electrons. The Kier molecular flexibility index (Phi) is 4.79. The second-order valence-electron chi connectivity index (χ2n) is 2.85. The Hall–Kier alpha value is -1.40. The number of methoxy groups -OCH3 is 1. The minimum atomic E-state index is 0.459. The molecule has 0 radical (unpaired) electrons. The highest BCUT2D eigenvalue weighted by Crippen LogP contribution is 2.12. The molecule has 0 aliphatic heterocycles. The number of ether oxygens (including phenoxy) is 2. The summed E-state index contributed by atoms with van der Waals surface area (Å²) in [6.45, 7) is 2.95. The molecule has 6 heteroatoms. The molecule has 0 bridgehead atoms. The summed E-state index contributed by atoms with van der Waals surface area (Å²) in [6, 6.07) is 1.65. The molecular formula is C9H16N4O2. The zero-order chi connectivity index (χ0) is 11.1. The zero-order valence-electron chi connectivity index (χ0n) is 8.99. The smallest absolute Gasteiger partial charge is 0.218 e. The number of hydrogen-bond donors (Lipinski definition) is 2. The van der Waals surface area contributed by atoms with Crippen molar-refractivity contribution in [3.8, 4) is 5.88 Å². The molecule has 6 nitrogen and oxygen atoms in total. The van der Waals surface area contributed by atoms with E-state index in [1.54, 1.807) is 13.2 Å². The Morgan fingerprint density at radius 3 is 2.80 bits per heavy atom. The molecule has 0 amide bonds. The van der Waals surface area contributed by atoms with Crippen molar-refractivity contribution in [3.05, 3.63) is 11.9 Å². The Morgan fingerprint density at radius 2 is 2.20 bits per heavy atom. The standard InChI is InChI=1S/C9H16N4O2/c1-3-7-11-8(13-10)6-9(12-7)15-5-4-14-2/h6H,3-5,10H2,1-2H3,(H,11,12,13). The van der Waals surface area contributed by atoms with Crippen LogP contribution in [0.25, 0.3) is 0 Å². The van der Waals surface area contributed by atoms with E-state index in [2.05, 4.69) is 15.4 Å². The summed E-state index contributed by atoms with van der Waals surface area (Å²) < 4.78 is 10.2. The van der Waals surface area contributed by atoms with Crippen LogP contribution in [0.2, 0.25) is 0 Å². The van der Waals surface area contributed by atoms with E-state index in [9.17, 15) is 0 Å². The van der Waals surface area contributed by atoms with Gasteiger partial charge in [0.05, 0.1) is 6.61 Å². The summed E-state index contributed by atoms with van der Waals surface area (Å²) in [7, 11) is 1.62. The number of nitrogen functional groups attached to an aromatic ring is 1. The van der Waals surface area contributed by atoms with Crippen molar-refractivity contribution in [3.63, 3.8) is 0 Å². The molecule has 0 aliphatic carbocycles. The molecule has 0 saturated carbocycles. The van der Waals surface area contributed by atoms with E-state index < -0.39 is 0 Å². The molecular weight excluding hydrogens is 196 g/mol. The molecule has 0 saturated heterocycles. The first-order chi connectivity index (χ1) is 7.30. The zero-order valence-corrected chi connectivity index (χ0v) is 8.99. The van der Waals surface area contributed by atoms with Crippen molar-refractivity contribution >= 4 is 5.82 Å². The molecule has 1 aromatic heterocycles. The van der Waals surface area contributed by atoms with Crippen molar-refractivity contribution < 1.29 is 9.47 Å². The number of aryl methyl sites for hydroxylation is 1. The highest BCUT2D eigenvalue weighted by atomic mass is 16.5. The van der Waals surface area contributed by atoms with E-state index in [4.69, 9.17) is 15.3 Å². The lowest BCUT2D eigenvalue weighted by Crippen LogP contribution is -2.12. The van der Waals surface area contributed by atoms with Gasteiger partial charge in [0.2, 0.25) is 5.88 Å². The predicted octanol–water partition coefficient (Wildman–Crippen LogP) is 0.350. The molecule has 15 heavy (non-hydrogen) atoms. The van der Waals surface area contributed by atoms with Gasteiger partial charge in [-0.25, -0.2) is 10.8 Å². The van der Waals surface area contributed by atoms with Crippen LogP contribution >= 0.6 is 0 Å². The largest absolute Gasteiger partial charge is 0.475 e. The highest BCUT2D eigenvalue weighted by Gasteiger charge is 2.03. The Morgan fingerprint density at radius 1 is 1.40 bits per heavy atom. The van der Waals surface area contributed by atoms with Crippen molar-refractivity contribution in [1.29, 1.82) is 0 Å². The van der Waals surface area contributed by atoms with Gasteiger partial charge < -0.3 is 14.9 Å². The highest BCUT2D eigenvalue weighted by molar-refractivity contribution is 5.36. The monoisotopic (exact) mass is 212 g/mol. The first-order valence-electron chi connectivity index (χ1n) is 4.76. The fourth-order valence-corrected chi connectivity index (χ4v) is 1.01. The van der Waals surface area contributed by atoms with E-state index in [1.165, 1.54) is 0 Å². The molecule has 0 unspecified atom stereocenters. The first-order valence-corrected chi connectivity index (χ1v) is 4.76. The summed E-state index contributed by atoms with van der Waals surface area (Å²) in [5, 5.41) is 0. The number of hydrogen-bond acceptors (Lipinski definition) is 6.